The van der Waals surface area contributed by atoms with Gasteiger partial charge >= 0.3 is 0 Å². The topological polar surface area (TPSA) is 55.8 Å². The van der Waals surface area contributed by atoms with Gasteiger partial charge in [-0.05, 0) is 55.7 Å². The maximum Gasteiger partial charge on any atom is 0.236 e. The number of nitrogens with zero attached hydrogens (tertiary/aromatic N) is 2. The van der Waals surface area contributed by atoms with Crippen molar-refractivity contribution < 1.29 is 9.90 Å². The molecule has 0 unspecified atom stereocenters. The smallest absolute Gasteiger partial charge is 0.236 e. The first-order valence-electron chi connectivity index (χ1n) is 10.5. The van der Waals surface area contributed by atoms with Crippen molar-refractivity contribution >= 4 is 16.7 Å². The Balaban J connectivity index is 1.36. The van der Waals surface area contributed by atoms with Crippen molar-refractivity contribution in [3.8, 4) is 0 Å². The first kappa shape index (κ1) is 19.4. The molecule has 2 fully saturated rings. The number of carbonyl (C=O) groups excluding carboxylic acids is 1. The highest BCUT2D eigenvalue weighted by Crippen LogP contribution is 2.30. The molecule has 0 aromatic heterocycles. The van der Waals surface area contributed by atoms with Crippen LogP contribution in [0.15, 0.2) is 42.5 Å². The minimum Gasteiger partial charge on any atom is -0.391 e. The molecule has 0 aliphatic carbocycles. The van der Waals surface area contributed by atoms with Crippen LogP contribution in [0.4, 0.5) is 0 Å². The third kappa shape index (κ3) is 4.22. The summed E-state index contributed by atoms with van der Waals surface area (Å²) in [5, 5.41) is 16.6. The lowest BCUT2D eigenvalue weighted by molar-refractivity contribution is -0.136. The second-order valence-electron chi connectivity index (χ2n) is 8.31. The van der Waals surface area contributed by atoms with Gasteiger partial charge in [-0.1, -0.05) is 42.5 Å². The molecule has 2 aliphatic heterocycles. The van der Waals surface area contributed by atoms with Crippen LogP contribution >= 0.6 is 0 Å². The summed E-state index contributed by atoms with van der Waals surface area (Å²) in [5.74, 6) is 0.229. The van der Waals surface area contributed by atoms with E-state index in [4.69, 9.17) is 0 Å². The lowest BCUT2D eigenvalue weighted by Crippen LogP contribution is -2.50. The summed E-state index contributed by atoms with van der Waals surface area (Å²) in [6, 6.07) is 15.2. The monoisotopic (exact) mass is 381 g/mol. The van der Waals surface area contributed by atoms with Crippen LogP contribution in [0.25, 0.3) is 10.8 Å². The molecule has 5 heteroatoms. The molecule has 5 nitrogen and oxygen atoms in total. The van der Waals surface area contributed by atoms with Gasteiger partial charge in [-0.3, -0.25) is 9.69 Å². The molecule has 1 amide bonds. The van der Waals surface area contributed by atoms with Gasteiger partial charge in [-0.25, -0.2) is 0 Å². The molecular weight excluding hydrogens is 350 g/mol. The summed E-state index contributed by atoms with van der Waals surface area (Å²) in [4.78, 5) is 16.8. The van der Waals surface area contributed by atoms with E-state index in [1.807, 2.05) is 24.1 Å². The number of aliphatic hydroxyl groups is 1. The summed E-state index contributed by atoms with van der Waals surface area (Å²) >= 11 is 0. The molecule has 4 rings (SSSR count). The first-order chi connectivity index (χ1) is 13.6. The van der Waals surface area contributed by atoms with Gasteiger partial charge in [-0.15, -0.1) is 0 Å². The fourth-order valence-corrected chi connectivity index (χ4v) is 4.68. The van der Waals surface area contributed by atoms with Crippen LogP contribution in [-0.4, -0.2) is 72.7 Å². The highest BCUT2D eigenvalue weighted by molar-refractivity contribution is 5.83. The van der Waals surface area contributed by atoms with Crippen LogP contribution < -0.4 is 5.32 Å². The predicted molar refractivity (Wildman–Crippen MR) is 112 cm³/mol. The number of likely N-dealkylation sites (N-methyl/N-ethyl adjacent to an activating group) is 1. The molecule has 2 saturated heterocycles. The summed E-state index contributed by atoms with van der Waals surface area (Å²) < 4.78 is 0. The normalized spacial score (nSPS) is 24.0. The Hall–Kier alpha value is -1.95. The molecule has 2 heterocycles. The van der Waals surface area contributed by atoms with Crippen molar-refractivity contribution in [1.29, 1.82) is 0 Å². The van der Waals surface area contributed by atoms with E-state index in [9.17, 15) is 9.90 Å². The molecule has 2 aliphatic rings. The SMILES string of the molecule is CN(CC(=O)N1CC[C@@H](c2ccc3ccccc3c2)[C@H](O)C1)C1CCNCC1. The van der Waals surface area contributed by atoms with Crippen LogP contribution in [0.2, 0.25) is 0 Å². The van der Waals surface area contributed by atoms with E-state index in [1.165, 1.54) is 16.3 Å². The molecule has 2 aromatic carbocycles. The Kier molecular flexibility index (Phi) is 5.95. The number of rotatable bonds is 4. The van der Waals surface area contributed by atoms with Gasteiger partial charge in [0.05, 0.1) is 12.6 Å². The quantitative estimate of drug-likeness (QED) is 0.853. The van der Waals surface area contributed by atoms with Crippen LogP contribution in [0.1, 0.15) is 30.7 Å². The number of fused-ring (bicyclic) bond motifs is 1. The Morgan fingerprint density at radius 1 is 1.14 bits per heavy atom. The average Bonchev–Trinajstić information content (AvgIpc) is 2.74. The molecule has 2 atom stereocenters. The van der Waals surface area contributed by atoms with E-state index in [-0.39, 0.29) is 11.8 Å². The number of aliphatic hydroxyl groups excluding tert-OH is 1. The van der Waals surface area contributed by atoms with Crippen molar-refractivity contribution in [1.82, 2.24) is 15.1 Å². The molecule has 2 N–H and O–H groups in total. The predicted octanol–water partition coefficient (Wildman–Crippen LogP) is 2.20. The third-order valence-electron chi connectivity index (χ3n) is 6.45. The van der Waals surface area contributed by atoms with E-state index in [0.717, 1.165) is 32.4 Å². The van der Waals surface area contributed by atoms with Crippen molar-refractivity contribution in [2.24, 2.45) is 0 Å². The van der Waals surface area contributed by atoms with E-state index in [2.05, 4.69) is 40.5 Å². The number of amides is 1. The lowest BCUT2D eigenvalue weighted by atomic mass is 9.86. The van der Waals surface area contributed by atoms with E-state index < -0.39 is 6.10 Å². The molecule has 2 aromatic rings. The van der Waals surface area contributed by atoms with E-state index >= 15 is 0 Å². The molecule has 0 spiro atoms. The maximum absolute atomic E-state index is 12.8. The number of carbonyl (C=O) groups is 1. The fraction of sp³-hybridized carbons (Fsp3) is 0.522. The van der Waals surface area contributed by atoms with Crippen LogP contribution in [0.3, 0.4) is 0 Å². The van der Waals surface area contributed by atoms with E-state index in [1.54, 1.807) is 0 Å². The standard InChI is InChI=1S/C23H31N3O2/c1-25(20-8-11-24-12-9-20)16-23(28)26-13-10-21(22(27)15-26)19-7-6-17-4-2-3-5-18(17)14-19/h2-7,14,20-22,24,27H,8-13,15-16H2,1H3/t21-,22+/m0/s1. The van der Waals surface area contributed by atoms with Crippen molar-refractivity contribution in [3.63, 3.8) is 0 Å². The highest BCUT2D eigenvalue weighted by Gasteiger charge is 2.32. The largest absolute Gasteiger partial charge is 0.391 e. The van der Waals surface area contributed by atoms with Gasteiger partial charge in [-0.2, -0.15) is 0 Å². The second kappa shape index (κ2) is 8.60. The number of hydrogen-bond donors (Lipinski definition) is 2. The average molecular weight is 382 g/mol. The third-order valence-corrected chi connectivity index (χ3v) is 6.45. The molecule has 0 radical (unpaired) electrons. The second-order valence-corrected chi connectivity index (χ2v) is 8.31. The lowest BCUT2D eigenvalue weighted by Gasteiger charge is -2.38. The minimum atomic E-state index is -0.511. The maximum atomic E-state index is 12.8. The number of likely N-dealkylation sites (tertiary alicyclic amines) is 1. The molecule has 28 heavy (non-hydrogen) atoms. The van der Waals surface area contributed by atoms with Crippen molar-refractivity contribution in [2.75, 3.05) is 39.8 Å². The summed E-state index contributed by atoms with van der Waals surface area (Å²) in [6.45, 7) is 3.64. The Morgan fingerprint density at radius 2 is 1.89 bits per heavy atom. The Labute approximate surface area is 167 Å². The zero-order valence-electron chi connectivity index (χ0n) is 16.7. The number of piperidine rings is 2. The van der Waals surface area contributed by atoms with Crippen molar-refractivity contribution in [3.05, 3.63) is 48.0 Å². The Bertz CT molecular complexity index is 818. The van der Waals surface area contributed by atoms with Crippen LogP contribution in [0, 0.1) is 0 Å². The molecule has 0 bridgehead atoms. The van der Waals surface area contributed by atoms with Gasteiger partial charge in [0.25, 0.3) is 0 Å². The zero-order chi connectivity index (χ0) is 19.5. The van der Waals surface area contributed by atoms with Crippen LogP contribution in [0.5, 0.6) is 0 Å². The first-order valence-corrected chi connectivity index (χ1v) is 10.5. The molecule has 150 valence electrons. The number of nitrogens with one attached hydrogen (secondary N) is 1. The van der Waals surface area contributed by atoms with Gasteiger partial charge in [0.1, 0.15) is 0 Å². The molecule has 0 saturated carbocycles. The van der Waals surface area contributed by atoms with Crippen molar-refractivity contribution in [2.45, 2.75) is 37.3 Å². The van der Waals surface area contributed by atoms with Gasteiger partial charge in [0, 0.05) is 25.0 Å². The minimum absolute atomic E-state index is 0.0933. The van der Waals surface area contributed by atoms with Gasteiger partial charge < -0.3 is 15.3 Å². The number of β-amino-alcohol motifs (C(OH)–C–C–N with tert-alkyl or cyclic N) is 1. The van der Waals surface area contributed by atoms with E-state index in [0.29, 0.717) is 25.7 Å². The summed E-state index contributed by atoms with van der Waals surface area (Å²) in [6.07, 6.45) is 2.48. The van der Waals surface area contributed by atoms with Gasteiger partial charge in [0.2, 0.25) is 5.91 Å². The Morgan fingerprint density at radius 3 is 2.64 bits per heavy atom. The highest BCUT2D eigenvalue weighted by atomic mass is 16.3. The number of hydrogen-bond acceptors (Lipinski definition) is 4. The summed E-state index contributed by atoms with van der Waals surface area (Å²) in [5.41, 5.74) is 1.17. The van der Waals surface area contributed by atoms with Gasteiger partial charge in [0.15, 0.2) is 0 Å². The number of benzene rings is 2. The summed E-state index contributed by atoms with van der Waals surface area (Å²) in [7, 11) is 2.05. The zero-order valence-corrected chi connectivity index (χ0v) is 16.7. The van der Waals surface area contributed by atoms with Crippen LogP contribution in [-0.2, 0) is 4.79 Å². The fourth-order valence-electron chi connectivity index (χ4n) is 4.68. The molecular formula is C23H31N3O2.